The lowest BCUT2D eigenvalue weighted by Crippen LogP contribution is -2.34. The zero-order chi connectivity index (χ0) is 18.0. The number of carbonyl (C=O) groups excluding carboxylic acids is 4. The molecular formula is C16H17N3O5S. The number of ether oxygens (including phenoxy) is 1. The summed E-state index contributed by atoms with van der Waals surface area (Å²) in [5.74, 6) is -1.88. The Morgan fingerprint density at radius 3 is 2.52 bits per heavy atom. The number of imide groups is 1. The molecule has 9 heteroatoms. The smallest absolute Gasteiger partial charge is 0.349 e. The average Bonchev–Trinajstić information content (AvgIpc) is 3.17. The predicted molar refractivity (Wildman–Crippen MR) is 88.8 cm³/mol. The molecule has 25 heavy (non-hydrogen) atoms. The van der Waals surface area contributed by atoms with Crippen molar-refractivity contribution in [2.75, 3.05) is 19.0 Å². The van der Waals surface area contributed by atoms with Crippen molar-refractivity contribution in [3.05, 3.63) is 23.2 Å². The molecule has 3 rings (SSSR count). The molecule has 0 aromatic carbocycles. The number of rotatable bonds is 5. The molecule has 2 aliphatic rings. The maximum absolute atomic E-state index is 12.3. The number of anilines is 1. The molecular weight excluding hydrogens is 346 g/mol. The lowest BCUT2D eigenvalue weighted by molar-refractivity contribution is -0.140. The molecule has 1 aliphatic carbocycles. The zero-order valence-corrected chi connectivity index (χ0v) is 14.4. The number of likely N-dealkylation sites (tertiary alicyclic amines) is 1. The summed E-state index contributed by atoms with van der Waals surface area (Å²) in [6.07, 6.45) is 6.29. The molecule has 1 N–H and O–H groups in total. The molecule has 0 bridgehead atoms. The van der Waals surface area contributed by atoms with Crippen LogP contribution in [0.2, 0.25) is 0 Å². The number of carbonyl (C=O) groups is 4. The van der Waals surface area contributed by atoms with Gasteiger partial charge < -0.3 is 10.1 Å². The monoisotopic (exact) mass is 363 g/mol. The minimum absolute atomic E-state index is 0.0164. The van der Waals surface area contributed by atoms with Crippen molar-refractivity contribution in [2.45, 2.75) is 19.3 Å². The molecule has 1 aromatic heterocycles. The van der Waals surface area contributed by atoms with E-state index in [4.69, 9.17) is 0 Å². The third-order valence-electron chi connectivity index (χ3n) is 4.30. The second kappa shape index (κ2) is 7.14. The van der Waals surface area contributed by atoms with Gasteiger partial charge in [-0.05, 0) is 12.8 Å². The summed E-state index contributed by atoms with van der Waals surface area (Å²) in [4.78, 5) is 53.4. The minimum atomic E-state index is -0.525. The Labute approximate surface area is 147 Å². The van der Waals surface area contributed by atoms with Crippen molar-refractivity contribution < 1.29 is 23.9 Å². The molecule has 8 nitrogen and oxygen atoms in total. The number of nitrogens with one attached hydrogen (secondary N) is 1. The number of allylic oxidation sites excluding steroid dienone is 2. The predicted octanol–water partition coefficient (Wildman–Crippen LogP) is 1.21. The van der Waals surface area contributed by atoms with E-state index >= 15 is 0 Å². The molecule has 0 spiro atoms. The van der Waals surface area contributed by atoms with E-state index in [1.807, 2.05) is 12.2 Å². The first kappa shape index (κ1) is 17.3. The van der Waals surface area contributed by atoms with Crippen LogP contribution >= 0.6 is 11.3 Å². The average molecular weight is 363 g/mol. The van der Waals surface area contributed by atoms with Crippen LogP contribution in [0.1, 0.15) is 28.9 Å². The van der Waals surface area contributed by atoms with Gasteiger partial charge in [0.05, 0.1) is 25.1 Å². The molecule has 1 aromatic rings. The van der Waals surface area contributed by atoms with Crippen molar-refractivity contribution in [2.24, 2.45) is 11.8 Å². The van der Waals surface area contributed by atoms with Crippen LogP contribution in [0.15, 0.2) is 18.3 Å². The van der Waals surface area contributed by atoms with E-state index in [1.165, 1.54) is 18.2 Å². The van der Waals surface area contributed by atoms with Crippen LogP contribution in [0.5, 0.6) is 0 Å². The van der Waals surface area contributed by atoms with E-state index in [-0.39, 0.29) is 52.5 Å². The van der Waals surface area contributed by atoms with Crippen LogP contribution in [-0.2, 0) is 19.1 Å². The summed E-state index contributed by atoms with van der Waals surface area (Å²) in [6, 6.07) is 0. The van der Waals surface area contributed by atoms with Crippen LogP contribution in [0, 0.1) is 11.8 Å². The molecule has 0 unspecified atom stereocenters. The number of nitrogens with zero attached hydrogens (tertiary/aromatic N) is 2. The largest absolute Gasteiger partial charge is 0.465 e. The maximum Gasteiger partial charge on any atom is 0.349 e. The second-order valence-electron chi connectivity index (χ2n) is 5.80. The van der Waals surface area contributed by atoms with Gasteiger partial charge in [0.1, 0.15) is 4.88 Å². The van der Waals surface area contributed by atoms with Crippen molar-refractivity contribution in [1.29, 1.82) is 0 Å². The molecule has 0 radical (unpaired) electrons. The lowest BCUT2D eigenvalue weighted by atomic mass is 9.85. The molecule has 132 valence electrons. The molecule has 2 atom stereocenters. The summed E-state index contributed by atoms with van der Waals surface area (Å²) in [6.45, 7) is 0.0474. The van der Waals surface area contributed by atoms with Gasteiger partial charge in [0.15, 0.2) is 5.13 Å². The number of fused-ring (bicyclic) bond motifs is 1. The fourth-order valence-electron chi connectivity index (χ4n) is 3.01. The number of esters is 1. The standard InChI is InChI=1S/C16H17N3O5S/c1-24-15(23)11-8-17-16(25-11)18-12(20)6-7-19-13(21)9-4-2-3-5-10(9)14(19)22/h2-3,8-10H,4-7H2,1H3,(H,17,18,20)/t9-,10-/m1/s1. The third-order valence-corrected chi connectivity index (χ3v) is 5.19. The summed E-state index contributed by atoms with van der Waals surface area (Å²) in [5, 5.41) is 2.82. The van der Waals surface area contributed by atoms with Gasteiger partial charge in [-0.2, -0.15) is 0 Å². The Balaban J connectivity index is 1.54. The van der Waals surface area contributed by atoms with Gasteiger partial charge in [-0.1, -0.05) is 23.5 Å². The van der Waals surface area contributed by atoms with Crippen LogP contribution in [0.3, 0.4) is 0 Å². The first-order valence-electron chi connectivity index (χ1n) is 7.85. The van der Waals surface area contributed by atoms with Gasteiger partial charge in [0.2, 0.25) is 17.7 Å². The topological polar surface area (TPSA) is 106 Å². The molecule has 2 heterocycles. The van der Waals surface area contributed by atoms with E-state index in [1.54, 1.807) is 0 Å². The normalized spacial score (nSPS) is 22.0. The number of hydrogen-bond donors (Lipinski definition) is 1. The van der Waals surface area contributed by atoms with Crippen LogP contribution in [0.4, 0.5) is 5.13 Å². The van der Waals surface area contributed by atoms with Gasteiger partial charge in [-0.25, -0.2) is 9.78 Å². The number of thiazole rings is 1. The van der Waals surface area contributed by atoms with E-state index in [0.717, 1.165) is 11.3 Å². The third kappa shape index (κ3) is 3.46. The Morgan fingerprint density at radius 1 is 1.28 bits per heavy atom. The fourth-order valence-corrected chi connectivity index (χ4v) is 3.76. The highest BCUT2D eigenvalue weighted by Gasteiger charge is 2.46. The van der Waals surface area contributed by atoms with Gasteiger partial charge in [0, 0.05) is 13.0 Å². The first-order chi connectivity index (χ1) is 12.0. The summed E-state index contributed by atoms with van der Waals surface area (Å²) >= 11 is 0.996. The Kier molecular flexibility index (Phi) is 4.93. The number of aromatic nitrogens is 1. The fraction of sp³-hybridized carbons (Fsp3) is 0.438. The van der Waals surface area contributed by atoms with Gasteiger partial charge in [-0.15, -0.1) is 0 Å². The van der Waals surface area contributed by atoms with Crippen LogP contribution in [-0.4, -0.2) is 47.2 Å². The first-order valence-corrected chi connectivity index (χ1v) is 8.67. The minimum Gasteiger partial charge on any atom is -0.465 e. The molecule has 1 saturated heterocycles. The quantitative estimate of drug-likeness (QED) is 0.479. The molecule has 3 amide bonds. The Hall–Kier alpha value is -2.55. The van der Waals surface area contributed by atoms with Crippen molar-refractivity contribution >= 4 is 40.2 Å². The highest BCUT2D eigenvalue weighted by Crippen LogP contribution is 2.35. The SMILES string of the molecule is COC(=O)c1cnc(NC(=O)CCN2C(=O)[C@@H]3CC=CC[C@H]3C2=O)s1. The molecule has 0 saturated carbocycles. The van der Waals surface area contributed by atoms with Crippen molar-refractivity contribution in [3.63, 3.8) is 0 Å². The van der Waals surface area contributed by atoms with Gasteiger partial charge >= 0.3 is 5.97 Å². The van der Waals surface area contributed by atoms with E-state index in [2.05, 4.69) is 15.0 Å². The van der Waals surface area contributed by atoms with Crippen LogP contribution < -0.4 is 5.32 Å². The van der Waals surface area contributed by atoms with Gasteiger partial charge in [-0.3, -0.25) is 19.3 Å². The Morgan fingerprint density at radius 2 is 1.92 bits per heavy atom. The Bertz CT molecular complexity index is 731. The summed E-state index contributed by atoms with van der Waals surface area (Å²) < 4.78 is 4.57. The number of hydrogen-bond acceptors (Lipinski definition) is 7. The maximum atomic E-state index is 12.3. The highest BCUT2D eigenvalue weighted by atomic mass is 32.1. The highest BCUT2D eigenvalue weighted by molar-refractivity contribution is 7.17. The number of methoxy groups -OCH3 is 1. The molecule has 1 aliphatic heterocycles. The van der Waals surface area contributed by atoms with Crippen LogP contribution in [0.25, 0.3) is 0 Å². The summed E-state index contributed by atoms with van der Waals surface area (Å²) in [5.41, 5.74) is 0. The van der Waals surface area contributed by atoms with E-state index < -0.39 is 5.97 Å². The van der Waals surface area contributed by atoms with Crippen molar-refractivity contribution in [3.8, 4) is 0 Å². The molecule has 1 fully saturated rings. The van der Waals surface area contributed by atoms with Gasteiger partial charge in [0.25, 0.3) is 0 Å². The van der Waals surface area contributed by atoms with E-state index in [9.17, 15) is 19.2 Å². The number of amides is 3. The van der Waals surface area contributed by atoms with E-state index in [0.29, 0.717) is 12.8 Å². The lowest BCUT2D eigenvalue weighted by Gasteiger charge is -2.14. The summed E-state index contributed by atoms with van der Waals surface area (Å²) in [7, 11) is 1.26. The second-order valence-corrected chi connectivity index (χ2v) is 6.83. The zero-order valence-electron chi connectivity index (χ0n) is 13.6. The van der Waals surface area contributed by atoms with Crippen molar-refractivity contribution in [1.82, 2.24) is 9.88 Å².